The van der Waals surface area contributed by atoms with Crippen LogP contribution >= 0.6 is 12.2 Å². The molecule has 0 amide bonds. The molecule has 3 aromatic carbocycles. The molecule has 9 heteroatoms. The number of benzene rings is 3. The number of thiocarbonyl (C=S) groups is 1. The van der Waals surface area contributed by atoms with Crippen molar-refractivity contribution in [1.29, 1.82) is 0 Å². The normalized spacial score (nSPS) is 10.5. The summed E-state index contributed by atoms with van der Waals surface area (Å²) in [5, 5.41) is 18.2. The molecule has 0 spiro atoms. The number of rotatable bonds is 9. The molecule has 0 aliphatic rings. The van der Waals surface area contributed by atoms with Crippen LogP contribution in [0.15, 0.2) is 84.0 Å². The summed E-state index contributed by atoms with van der Waals surface area (Å²) in [6, 6.07) is 22.9. The third-order valence-electron chi connectivity index (χ3n) is 3.96. The molecular weight excluding hydrogens is 416 g/mol. The van der Waals surface area contributed by atoms with Crippen LogP contribution in [0, 0.1) is 10.1 Å². The van der Waals surface area contributed by atoms with Crippen molar-refractivity contribution in [2.24, 2.45) is 5.10 Å². The van der Waals surface area contributed by atoms with Crippen LogP contribution in [0.2, 0.25) is 0 Å². The minimum Gasteiger partial charge on any atom is -0.490 e. The van der Waals surface area contributed by atoms with Crippen LogP contribution in [0.3, 0.4) is 0 Å². The average Bonchev–Trinajstić information content (AvgIpc) is 2.79. The van der Waals surface area contributed by atoms with Crippen LogP contribution in [0.4, 0.5) is 11.4 Å². The first kappa shape index (κ1) is 21.7. The quantitative estimate of drug-likeness (QED) is 0.169. The van der Waals surface area contributed by atoms with Crippen molar-refractivity contribution >= 4 is 34.9 Å². The highest BCUT2D eigenvalue weighted by Gasteiger charge is 2.04. The number of nitro groups is 1. The second-order valence-corrected chi connectivity index (χ2v) is 6.62. The Bertz CT molecular complexity index is 1030. The third kappa shape index (κ3) is 7.41. The van der Waals surface area contributed by atoms with Gasteiger partial charge in [0.2, 0.25) is 0 Å². The van der Waals surface area contributed by atoms with E-state index in [0.717, 1.165) is 11.3 Å². The van der Waals surface area contributed by atoms with Crippen molar-refractivity contribution in [3.63, 3.8) is 0 Å². The summed E-state index contributed by atoms with van der Waals surface area (Å²) in [5.41, 5.74) is 4.55. The minimum absolute atomic E-state index is 0.0247. The molecule has 0 aliphatic heterocycles. The van der Waals surface area contributed by atoms with Crippen LogP contribution < -0.4 is 20.2 Å². The molecule has 0 heterocycles. The summed E-state index contributed by atoms with van der Waals surface area (Å²) in [6.45, 7) is 0.655. The van der Waals surface area contributed by atoms with E-state index in [0.29, 0.717) is 29.8 Å². The first-order valence-corrected chi connectivity index (χ1v) is 9.76. The molecule has 0 aliphatic carbocycles. The Morgan fingerprint density at radius 2 is 1.52 bits per heavy atom. The van der Waals surface area contributed by atoms with Crippen molar-refractivity contribution in [1.82, 2.24) is 5.43 Å². The molecule has 0 fully saturated rings. The standard InChI is InChI=1S/C22H20N4O4S/c27-26(28)19-8-12-21(13-9-19)30-15-14-29-20-10-6-17(7-11-20)16-23-25-22(31)24-18-4-2-1-3-5-18/h1-13,16H,14-15H2,(H2,24,25,31)/b23-16-. The summed E-state index contributed by atoms with van der Waals surface area (Å²) in [4.78, 5) is 10.2. The maximum atomic E-state index is 10.6. The number of nitro benzene ring substituents is 1. The van der Waals surface area contributed by atoms with Crippen LogP contribution in [0.5, 0.6) is 11.5 Å². The van der Waals surface area contributed by atoms with Gasteiger partial charge in [0, 0.05) is 17.8 Å². The minimum atomic E-state index is -0.451. The van der Waals surface area contributed by atoms with Gasteiger partial charge in [-0.25, -0.2) is 0 Å². The summed E-state index contributed by atoms with van der Waals surface area (Å²) < 4.78 is 11.1. The predicted molar refractivity (Wildman–Crippen MR) is 124 cm³/mol. The largest absolute Gasteiger partial charge is 0.490 e. The van der Waals surface area contributed by atoms with E-state index in [2.05, 4.69) is 15.8 Å². The van der Waals surface area contributed by atoms with E-state index in [1.807, 2.05) is 54.6 Å². The zero-order chi connectivity index (χ0) is 21.9. The molecule has 0 atom stereocenters. The van der Waals surface area contributed by atoms with E-state index in [1.54, 1.807) is 18.3 Å². The van der Waals surface area contributed by atoms with Gasteiger partial charge in [0.25, 0.3) is 5.69 Å². The van der Waals surface area contributed by atoms with Gasteiger partial charge in [0.05, 0.1) is 11.1 Å². The lowest BCUT2D eigenvalue weighted by Gasteiger charge is -2.08. The fourth-order valence-electron chi connectivity index (χ4n) is 2.48. The highest BCUT2D eigenvalue weighted by Crippen LogP contribution is 2.17. The Balaban J connectivity index is 1.37. The number of nitrogens with one attached hydrogen (secondary N) is 2. The Labute approximate surface area is 184 Å². The number of para-hydroxylation sites is 1. The van der Waals surface area contributed by atoms with Gasteiger partial charge in [0.15, 0.2) is 5.11 Å². The van der Waals surface area contributed by atoms with E-state index in [4.69, 9.17) is 21.7 Å². The molecule has 3 rings (SSSR count). The van der Waals surface area contributed by atoms with Gasteiger partial charge in [-0.15, -0.1) is 0 Å². The van der Waals surface area contributed by atoms with Crippen molar-refractivity contribution in [2.45, 2.75) is 0 Å². The zero-order valence-corrected chi connectivity index (χ0v) is 17.2. The van der Waals surface area contributed by atoms with Gasteiger partial charge in [-0.1, -0.05) is 18.2 Å². The van der Waals surface area contributed by atoms with E-state index >= 15 is 0 Å². The van der Waals surface area contributed by atoms with Crippen LogP contribution in [-0.4, -0.2) is 29.5 Å². The number of hydrogen-bond acceptors (Lipinski definition) is 6. The molecule has 0 aromatic heterocycles. The van der Waals surface area contributed by atoms with E-state index in [-0.39, 0.29) is 5.69 Å². The Hall–Kier alpha value is -3.98. The second kappa shape index (κ2) is 11.3. The molecule has 2 N–H and O–H groups in total. The topological polar surface area (TPSA) is 98.0 Å². The lowest BCUT2D eigenvalue weighted by atomic mass is 10.2. The molecule has 3 aromatic rings. The van der Waals surface area contributed by atoms with Gasteiger partial charge in [-0.3, -0.25) is 15.5 Å². The van der Waals surface area contributed by atoms with E-state index < -0.39 is 4.92 Å². The first-order chi connectivity index (χ1) is 15.1. The number of ether oxygens (including phenoxy) is 2. The molecule has 0 unspecified atom stereocenters. The first-order valence-electron chi connectivity index (χ1n) is 9.35. The van der Waals surface area contributed by atoms with Gasteiger partial charge in [-0.2, -0.15) is 5.10 Å². The van der Waals surface area contributed by atoms with E-state index in [1.165, 1.54) is 12.1 Å². The molecule has 158 valence electrons. The van der Waals surface area contributed by atoms with Crippen LogP contribution in [0.25, 0.3) is 0 Å². The summed E-state index contributed by atoms with van der Waals surface area (Å²) >= 11 is 5.19. The maximum Gasteiger partial charge on any atom is 0.269 e. The summed E-state index contributed by atoms with van der Waals surface area (Å²) in [7, 11) is 0. The number of hydrazone groups is 1. The van der Waals surface area contributed by atoms with Gasteiger partial charge in [-0.05, 0) is 66.3 Å². The Morgan fingerprint density at radius 3 is 2.10 bits per heavy atom. The average molecular weight is 436 g/mol. The number of anilines is 1. The predicted octanol–water partition coefficient (Wildman–Crippen LogP) is 4.37. The summed E-state index contributed by atoms with van der Waals surface area (Å²) in [6.07, 6.45) is 1.65. The van der Waals surface area contributed by atoms with Gasteiger partial charge < -0.3 is 14.8 Å². The third-order valence-corrected chi connectivity index (χ3v) is 4.15. The van der Waals surface area contributed by atoms with Crippen molar-refractivity contribution in [3.05, 3.63) is 94.5 Å². The number of non-ortho nitro benzene ring substituents is 1. The van der Waals surface area contributed by atoms with E-state index in [9.17, 15) is 10.1 Å². The Morgan fingerprint density at radius 1 is 0.935 bits per heavy atom. The highest BCUT2D eigenvalue weighted by molar-refractivity contribution is 7.80. The fourth-order valence-corrected chi connectivity index (χ4v) is 2.65. The van der Waals surface area contributed by atoms with Crippen molar-refractivity contribution in [2.75, 3.05) is 18.5 Å². The second-order valence-electron chi connectivity index (χ2n) is 6.21. The number of nitrogens with zero attached hydrogens (tertiary/aromatic N) is 2. The molecule has 31 heavy (non-hydrogen) atoms. The Kier molecular flexibility index (Phi) is 7.90. The van der Waals surface area contributed by atoms with Gasteiger partial charge in [0.1, 0.15) is 24.7 Å². The summed E-state index contributed by atoms with van der Waals surface area (Å²) in [5.74, 6) is 1.24. The van der Waals surface area contributed by atoms with Crippen LogP contribution in [0.1, 0.15) is 5.56 Å². The molecular formula is C22H20N4O4S. The van der Waals surface area contributed by atoms with Gasteiger partial charge >= 0.3 is 0 Å². The monoisotopic (exact) mass is 436 g/mol. The van der Waals surface area contributed by atoms with Crippen LogP contribution in [-0.2, 0) is 0 Å². The fraction of sp³-hybridized carbons (Fsp3) is 0.0909. The van der Waals surface area contributed by atoms with Crippen molar-refractivity contribution in [3.8, 4) is 11.5 Å². The smallest absolute Gasteiger partial charge is 0.269 e. The molecule has 8 nitrogen and oxygen atoms in total. The lowest BCUT2D eigenvalue weighted by Crippen LogP contribution is -2.23. The molecule has 0 saturated heterocycles. The van der Waals surface area contributed by atoms with Crippen molar-refractivity contribution < 1.29 is 14.4 Å². The lowest BCUT2D eigenvalue weighted by molar-refractivity contribution is -0.384. The molecule has 0 bridgehead atoms. The highest BCUT2D eigenvalue weighted by atomic mass is 32.1. The number of hydrogen-bond donors (Lipinski definition) is 2. The molecule has 0 saturated carbocycles. The maximum absolute atomic E-state index is 10.6. The SMILES string of the molecule is O=[N+]([O-])c1ccc(OCCOc2ccc(/C=N\NC(=S)Nc3ccccc3)cc2)cc1. The zero-order valence-electron chi connectivity index (χ0n) is 16.4. The molecule has 0 radical (unpaired) electrons.